The molecule has 0 N–H and O–H groups in total. The van der Waals surface area contributed by atoms with Crippen molar-refractivity contribution in [2.24, 2.45) is 5.92 Å². The van der Waals surface area contributed by atoms with Crippen molar-refractivity contribution in [3.05, 3.63) is 29.5 Å². The quantitative estimate of drug-likeness (QED) is 0.850. The van der Waals surface area contributed by atoms with Gasteiger partial charge in [-0.25, -0.2) is 4.98 Å². The van der Waals surface area contributed by atoms with Gasteiger partial charge in [0.2, 0.25) is 5.91 Å². The molecule has 0 bridgehead atoms. The number of amides is 1. The van der Waals surface area contributed by atoms with E-state index in [1.807, 2.05) is 11.1 Å². The zero-order valence-electron chi connectivity index (χ0n) is 12.9. The van der Waals surface area contributed by atoms with Crippen molar-refractivity contribution in [1.82, 2.24) is 14.5 Å². The van der Waals surface area contributed by atoms with Crippen LogP contribution < -0.4 is 0 Å². The first-order valence-corrected chi connectivity index (χ1v) is 9.13. The lowest BCUT2D eigenvalue weighted by Crippen LogP contribution is -2.45. The number of thiophene rings is 1. The molecule has 23 heavy (non-hydrogen) atoms. The number of hydrogen-bond donors (Lipinski definition) is 0. The third-order valence-electron chi connectivity index (χ3n) is 5.22. The molecule has 1 unspecified atom stereocenters. The number of ether oxygens (including phenoxy) is 1. The maximum atomic E-state index is 12.3. The van der Waals surface area contributed by atoms with Crippen LogP contribution in [0.4, 0.5) is 0 Å². The monoisotopic (exact) mass is 329 g/mol. The summed E-state index contributed by atoms with van der Waals surface area (Å²) in [6.45, 7) is 2.89. The molecule has 2 fully saturated rings. The molecule has 0 aromatic carbocycles. The first-order valence-electron chi connectivity index (χ1n) is 8.25. The molecule has 1 amide bonds. The summed E-state index contributed by atoms with van der Waals surface area (Å²) in [5, 5.41) is 2.09. The number of fused-ring (bicyclic) bond motifs is 1. The highest BCUT2D eigenvalue weighted by molar-refractivity contribution is 7.13. The van der Waals surface area contributed by atoms with Gasteiger partial charge in [-0.2, -0.15) is 0 Å². The van der Waals surface area contributed by atoms with E-state index in [9.17, 15) is 4.79 Å². The van der Waals surface area contributed by atoms with Gasteiger partial charge in [0, 0.05) is 12.5 Å². The summed E-state index contributed by atoms with van der Waals surface area (Å²) in [5.74, 6) is 1.62. The van der Waals surface area contributed by atoms with Crippen LogP contribution in [-0.2, 0) is 22.7 Å². The van der Waals surface area contributed by atoms with Crippen LogP contribution in [0.1, 0.15) is 25.1 Å². The van der Waals surface area contributed by atoms with E-state index in [-0.39, 0.29) is 5.60 Å². The van der Waals surface area contributed by atoms with Gasteiger partial charge in [-0.1, -0.05) is 6.07 Å². The van der Waals surface area contributed by atoms with Crippen molar-refractivity contribution in [2.45, 2.75) is 38.0 Å². The van der Waals surface area contributed by atoms with E-state index in [1.165, 1.54) is 10.6 Å². The van der Waals surface area contributed by atoms with Crippen molar-refractivity contribution in [2.75, 3.05) is 13.1 Å². The Hall–Kier alpha value is -1.66. The molecule has 120 valence electrons. The minimum absolute atomic E-state index is 0.232. The van der Waals surface area contributed by atoms with Gasteiger partial charge in [0.15, 0.2) is 0 Å². The lowest BCUT2D eigenvalue weighted by atomic mass is 10.0. The third-order valence-corrected chi connectivity index (χ3v) is 6.11. The SMILES string of the molecule is O=C(C1CC1)N1CCC2(C1)Cn1c(-c3cccs3)cnc1CO2. The van der Waals surface area contributed by atoms with E-state index < -0.39 is 0 Å². The van der Waals surface area contributed by atoms with Gasteiger partial charge in [-0.15, -0.1) is 11.3 Å². The fraction of sp³-hybridized carbons (Fsp3) is 0.529. The molecule has 5 nitrogen and oxygen atoms in total. The van der Waals surface area contributed by atoms with E-state index >= 15 is 0 Å². The second-order valence-corrected chi connectivity index (χ2v) is 7.83. The predicted molar refractivity (Wildman–Crippen MR) is 87.0 cm³/mol. The van der Waals surface area contributed by atoms with Gasteiger partial charge in [0.05, 0.1) is 29.9 Å². The van der Waals surface area contributed by atoms with Gasteiger partial charge >= 0.3 is 0 Å². The van der Waals surface area contributed by atoms with Crippen LogP contribution in [0, 0.1) is 5.92 Å². The smallest absolute Gasteiger partial charge is 0.225 e. The van der Waals surface area contributed by atoms with Crippen LogP contribution in [-0.4, -0.2) is 39.0 Å². The third kappa shape index (κ3) is 2.23. The minimum atomic E-state index is -0.232. The van der Waals surface area contributed by atoms with Crippen molar-refractivity contribution < 1.29 is 9.53 Å². The Morgan fingerprint density at radius 1 is 1.39 bits per heavy atom. The minimum Gasteiger partial charge on any atom is -0.363 e. The Balaban J connectivity index is 1.42. The van der Waals surface area contributed by atoms with E-state index in [0.717, 1.165) is 44.7 Å². The van der Waals surface area contributed by atoms with Gasteiger partial charge in [-0.05, 0) is 30.7 Å². The highest BCUT2D eigenvalue weighted by Crippen LogP contribution is 2.38. The summed E-state index contributed by atoms with van der Waals surface area (Å²) in [6.07, 6.45) is 5.01. The number of rotatable bonds is 2. The first kappa shape index (κ1) is 13.7. The van der Waals surface area contributed by atoms with E-state index in [1.54, 1.807) is 11.3 Å². The molecule has 1 saturated heterocycles. The summed E-state index contributed by atoms with van der Waals surface area (Å²) in [6, 6.07) is 4.20. The Labute approximate surface area is 138 Å². The maximum Gasteiger partial charge on any atom is 0.225 e. The second-order valence-electron chi connectivity index (χ2n) is 6.88. The highest BCUT2D eigenvalue weighted by atomic mass is 32.1. The Bertz CT molecular complexity index is 750. The number of carbonyl (C=O) groups excluding carboxylic acids is 1. The largest absolute Gasteiger partial charge is 0.363 e. The number of aromatic nitrogens is 2. The summed E-state index contributed by atoms with van der Waals surface area (Å²) < 4.78 is 8.48. The highest BCUT2D eigenvalue weighted by Gasteiger charge is 2.46. The van der Waals surface area contributed by atoms with Crippen LogP contribution in [0.3, 0.4) is 0 Å². The topological polar surface area (TPSA) is 47.4 Å². The molecule has 2 aromatic heterocycles. The summed E-state index contributed by atoms with van der Waals surface area (Å²) in [4.78, 5) is 20.1. The fourth-order valence-electron chi connectivity index (χ4n) is 3.75. The normalized spacial score (nSPS) is 26.7. The van der Waals surface area contributed by atoms with Crippen LogP contribution in [0.15, 0.2) is 23.7 Å². The molecule has 1 atom stereocenters. The summed E-state index contributed by atoms with van der Waals surface area (Å²) in [5.41, 5.74) is 0.939. The maximum absolute atomic E-state index is 12.3. The molecular weight excluding hydrogens is 310 g/mol. The molecule has 2 aliphatic heterocycles. The lowest BCUT2D eigenvalue weighted by molar-refractivity contribution is -0.134. The Morgan fingerprint density at radius 2 is 2.30 bits per heavy atom. The fourth-order valence-corrected chi connectivity index (χ4v) is 4.49. The zero-order valence-corrected chi connectivity index (χ0v) is 13.7. The number of carbonyl (C=O) groups is 1. The first-order chi connectivity index (χ1) is 11.2. The summed E-state index contributed by atoms with van der Waals surface area (Å²) in [7, 11) is 0. The Kier molecular flexibility index (Phi) is 2.94. The van der Waals surface area contributed by atoms with Crippen molar-refractivity contribution in [3.8, 4) is 10.6 Å². The van der Waals surface area contributed by atoms with Gasteiger partial charge in [-0.3, -0.25) is 4.79 Å². The molecule has 0 radical (unpaired) electrons. The Morgan fingerprint density at radius 3 is 3.09 bits per heavy atom. The van der Waals surface area contributed by atoms with Gasteiger partial charge in [0.1, 0.15) is 18.0 Å². The molecule has 1 saturated carbocycles. The number of imidazole rings is 1. The zero-order chi connectivity index (χ0) is 15.4. The average Bonchev–Trinajstić information content (AvgIpc) is 2.98. The van der Waals surface area contributed by atoms with Crippen molar-refractivity contribution >= 4 is 17.2 Å². The standard InChI is InChI=1S/C17H19N3O2S/c21-16(12-3-4-12)19-6-5-17(10-19)11-20-13(14-2-1-7-23-14)8-18-15(20)9-22-17/h1-2,7-8,12H,3-6,9-11H2. The molecule has 6 heteroatoms. The second kappa shape index (κ2) is 4.92. The molecule has 1 spiro atoms. The van der Waals surface area contributed by atoms with Gasteiger partial charge in [0.25, 0.3) is 0 Å². The molecule has 4 heterocycles. The van der Waals surface area contributed by atoms with E-state index in [0.29, 0.717) is 18.4 Å². The van der Waals surface area contributed by atoms with E-state index in [4.69, 9.17) is 4.74 Å². The number of nitrogens with zero attached hydrogens (tertiary/aromatic N) is 3. The summed E-state index contributed by atoms with van der Waals surface area (Å²) >= 11 is 1.74. The molecule has 1 aliphatic carbocycles. The average molecular weight is 329 g/mol. The van der Waals surface area contributed by atoms with Crippen molar-refractivity contribution in [3.63, 3.8) is 0 Å². The molecular formula is C17H19N3O2S. The van der Waals surface area contributed by atoms with Crippen LogP contribution >= 0.6 is 11.3 Å². The van der Waals surface area contributed by atoms with Crippen molar-refractivity contribution in [1.29, 1.82) is 0 Å². The van der Waals surface area contributed by atoms with Crippen LogP contribution in [0.5, 0.6) is 0 Å². The predicted octanol–water partition coefficient (Wildman–Crippen LogP) is 2.52. The van der Waals surface area contributed by atoms with Gasteiger partial charge < -0.3 is 14.2 Å². The molecule has 5 rings (SSSR count). The van der Waals surface area contributed by atoms with E-state index in [2.05, 4.69) is 27.1 Å². The molecule has 3 aliphatic rings. The van der Waals surface area contributed by atoms with Crippen LogP contribution in [0.2, 0.25) is 0 Å². The molecule has 2 aromatic rings. The lowest BCUT2D eigenvalue weighted by Gasteiger charge is -2.35. The van der Waals surface area contributed by atoms with Crippen LogP contribution in [0.25, 0.3) is 10.6 Å². The number of hydrogen-bond acceptors (Lipinski definition) is 4. The number of likely N-dealkylation sites (tertiary alicyclic amines) is 1.